The third-order valence-corrected chi connectivity index (χ3v) is 1.82. The summed E-state index contributed by atoms with van der Waals surface area (Å²) in [5.41, 5.74) is 0.200. The molecule has 0 bridgehead atoms. The van der Waals surface area contributed by atoms with Gasteiger partial charge in [-0.1, -0.05) is 6.08 Å². The lowest BCUT2D eigenvalue weighted by Gasteiger charge is -1.99. The van der Waals surface area contributed by atoms with Crippen LogP contribution in [-0.4, -0.2) is 5.78 Å². The molecule has 1 rings (SSSR count). The molecule has 0 aliphatic carbocycles. The number of carbonyl (C=O) groups excluding carboxylic acids is 1. The lowest BCUT2D eigenvalue weighted by Crippen LogP contribution is -1.99. The van der Waals surface area contributed by atoms with Crippen molar-refractivity contribution >= 4 is 5.78 Å². The van der Waals surface area contributed by atoms with E-state index in [1.165, 1.54) is 6.07 Å². The van der Waals surface area contributed by atoms with Crippen molar-refractivity contribution < 1.29 is 13.6 Å². The maximum atomic E-state index is 12.7. The second kappa shape index (κ2) is 4.65. The van der Waals surface area contributed by atoms with Crippen LogP contribution in [0.4, 0.5) is 8.78 Å². The van der Waals surface area contributed by atoms with Crippen LogP contribution in [0.3, 0.4) is 0 Å². The molecule has 0 fully saturated rings. The second-order valence-corrected chi connectivity index (χ2v) is 2.88. The number of ketones is 1. The molecule has 0 aromatic heterocycles. The van der Waals surface area contributed by atoms with Crippen LogP contribution < -0.4 is 0 Å². The summed E-state index contributed by atoms with van der Waals surface area (Å²) in [6.07, 6.45) is 2.42. The summed E-state index contributed by atoms with van der Waals surface area (Å²) in [6.45, 7) is 3.47. The molecule has 0 saturated heterocycles. The van der Waals surface area contributed by atoms with Gasteiger partial charge in [-0.3, -0.25) is 4.79 Å². The van der Waals surface area contributed by atoms with Crippen molar-refractivity contribution in [2.75, 3.05) is 0 Å². The Morgan fingerprint density at radius 3 is 2.64 bits per heavy atom. The Bertz CT molecular complexity index is 358. The third-order valence-electron chi connectivity index (χ3n) is 1.82. The summed E-state index contributed by atoms with van der Waals surface area (Å²) < 4.78 is 25.2. The highest BCUT2D eigenvalue weighted by atomic mass is 19.2. The van der Waals surface area contributed by atoms with Gasteiger partial charge >= 0.3 is 0 Å². The fraction of sp³-hybridized carbons (Fsp3) is 0.182. The van der Waals surface area contributed by atoms with Crippen LogP contribution >= 0.6 is 0 Å². The minimum absolute atomic E-state index is 0.200. The minimum Gasteiger partial charge on any atom is -0.294 e. The van der Waals surface area contributed by atoms with E-state index in [2.05, 4.69) is 6.58 Å². The normalized spacial score (nSPS) is 9.86. The summed E-state index contributed by atoms with van der Waals surface area (Å²) >= 11 is 0. The number of hydrogen-bond donors (Lipinski definition) is 0. The number of allylic oxidation sites excluding steroid dienone is 1. The van der Waals surface area contributed by atoms with Crippen molar-refractivity contribution in [3.63, 3.8) is 0 Å². The number of Topliss-reactive ketones (excluding diaryl/α,β-unsaturated/α-hetero) is 1. The number of halogens is 2. The highest BCUT2D eigenvalue weighted by Gasteiger charge is 2.08. The van der Waals surface area contributed by atoms with Crippen LogP contribution in [0.1, 0.15) is 23.2 Å². The van der Waals surface area contributed by atoms with Crippen LogP contribution in [0.2, 0.25) is 0 Å². The number of carbonyl (C=O) groups is 1. The number of rotatable bonds is 4. The molecule has 1 aromatic carbocycles. The van der Waals surface area contributed by atoms with Gasteiger partial charge in [0, 0.05) is 12.0 Å². The van der Waals surface area contributed by atoms with Gasteiger partial charge in [0.05, 0.1) is 0 Å². The molecule has 0 N–H and O–H groups in total. The molecular weight excluding hydrogens is 186 g/mol. The van der Waals surface area contributed by atoms with E-state index in [0.29, 0.717) is 6.42 Å². The standard InChI is InChI=1S/C11H10F2O/c1-2-3-4-11(14)8-5-6-9(12)10(13)7-8/h2,5-7H,1,3-4H2. The van der Waals surface area contributed by atoms with Gasteiger partial charge in [-0.2, -0.15) is 0 Å². The second-order valence-electron chi connectivity index (χ2n) is 2.88. The van der Waals surface area contributed by atoms with Crippen LogP contribution in [0, 0.1) is 11.6 Å². The van der Waals surface area contributed by atoms with Crippen molar-refractivity contribution in [2.45, 2.75) is 12.8 Å². The van der Waals surface area contributed by atoms with E-state index in [1.54, 1.807) is 6.08 Å². The van der Waals surface area contributed by atoms with Crippen LogP contribution in [0.25, 0.3) is 0 Å². The summed E-state index contributed by atoms with van der Waals surface area (Å²) in [7, 11) is 0. The van der Waals surface area contributed by atoms with Gasteiger partial charge in [0.1, 0.15) is 0 Å². The van der Waals surface area contributed by atoms with E-state index >= 15 is 0 Å². The SMILES string of the molecule is C=CCCC(=O)c1ccc(F)c(F)c1. The first-order valence-electron chi connectivity index (χ1n) is 4.24. The lowest BCUT2D eigenvalue weighted by molar-refractivity contribution is 0.0983. The van der Waals surface area contributed by atoms with E-state index in [4.69, 9.17) is 0 Å². The Morgan fingerprint density at radius 2 is 2.07 bits per heavy atom. The topological polar surface area (TPSA) is 17.1 Å². The molecule has 74 valence electrons. The van der Waals surface area contributed by atoms with E-state index in [1.807, 2.05) is 0 Å². The van der Waals surface area contributed by atoms with Gasteiger partial charge in [-0.25, -0.2) is 8.78 Å². The first-order chi connectivity index (χ1) is 6.65. The zero-order valence-electron chi connectivity index (χ0n) is 7.59. The monoisotopic (exact) mass is 196 g/mol. The van der Waals surface area contributed by atoms with Gasteiger partial charge in [-0.05, 0) is 24.6 Å². The molecule has 0 aliphatic heterocycles. The van der Waals surface area contributed by atoms with Crippen LogP contribution in [0.5, 0.6) is 0 Å². The Hall–Kier alpha value is -1.51. The van der Waals surface area contributed by atoms with Crippen molar-refractivity contribution in [1.82, 2.24) is 0 Å². The molecule has 0 spiro atoms. The fourth-order valence-corrected chi connectivity index (χ4v) is 1.05. The van der Waals surface area contributed by atoms with Gasteiger partial charge in [0.2, 0.25) is 0 Å². The molecule has 1 aromatic rings. The van der Waals surface area contributed by atoms with Gasteiger partial charge < -0.3 is 0 Å². The molecule has 0 heterocycles. The van der Waals surface area contributed by atoms with Crippen LogP contribution in [0.15, 0.2) is 30.9 Å². The third kappa shape index (κ3) is 2.49. The summed E-state index contributed by atoms with van der Waals surface area (Å²) in [5.74, 6) is -2.14. The smallest absolute Gasteiger partial charge is 0.163 e. The summed E-state index contributed by atoms with van der Waals surface area (Å²) in [5, 5.41) is 0. The summed E-state index contributed by atoms with van der Waals surface area (Å²) in [6, 6.07) is 3.15. The van der Waals surface area contributed by atoms with Gasteiger partial charge in [-0.15, -0.1) is 6.58 Å². The Balaban J connectivity index is 2.80. The summed E-state index contributed by atoms with van der Waals surface area (Å²) in [4.78, 5) is 11.3. The predicted octanol–water partition coefficient (Wildman–Crippen LogP) is 3.11. The number of hydrogen-bond acceptors (Lipinski definition) is 1. The lowest BCUT2D eigenvalue weighted by atomic mass is 10.1. The minimum atomic E-state index is -0.991. The van der Waals surface area contributed by atoms with Gasteiger partial charge in [0.15, 0.2) is 17.4 Å². The quantitative estimate of drug-likeness (QED) is 0.534. The largest absolute Gasteiger partial charge is 0.294 e. The zero-order valence-corrected chi connectivity index (χ0v) is 7.59. The molecule has 0 saturated carbocycles. The molecular formula is C11H10F2O. The fourth-order valence-electron chi connectivity index (χ4n) is 1.05. The first-order valence-corrected chi connectivity index (χ1v) is 4.24. The average Bonchev–Trinajstić information content (AvgIpc) is 2.18. The maximum Gasteiger partial charge on any atom is 0.163 e. The van der Waals surface area contributed by atoms with Crippen molar-refractivity contribution in [2.24, 2.45) is 0 Å². The Morgan fingerprint density at radius 1 is 1.36 bits per heavy atom. The highest BCUT2D eigenvalue weighted by Crippen LogP contribution is 2.11. The maximum absolute atomic E-state index is 12.7. The van der Waals surface area contributed by atoms with Crippen molar-refractivity contribution in [3.8, 4) is 0 Å². The molecule has 0 amide bonds. The molecule has 0 atom stereocenters. The van der Waals surface area contributed by atoms with E-state index in [9.17, 15) is 13.6 Å². The molecule has 3 heteroatoms. The molecule has 0 aliphatic rings. The van der Waals surface area contributed by atoms with E-state index < -0.39 is 11.6 Å². The van der Waals surface area contributed by atoms with E-state index in [-0.39, 0.29) is 17.8 Å². The van der Waals surface area contributed by atoms with Crippen molar-refractivity contribution in [3.05, 3.63) is 48.1 Å². The van der Waals surface area contributed by atoms with E-state index in [0.717, 1.165) is 12.1 Å². The Kier molecular flexibility index (Phi) is 3.51. The zero-order chi connectivity index (χ0) is 10.6. The highest BCUT2D eigenvalue weighted by molar-refractivity contribution is 5.96. The van der Waals surface area contributed by atoms with Gasteiger partial charge in [0.25, 0.3) is 0 Å². The first kappa shape index (κ1) is 10.6. The molecule has 0 radical (unpaired) electrons. The Labute approximate surface area is 81.1 Å². The predicted molar refractivity (Wildman–Crippen MR) is 50.1 cm³/mol. The molecule has 1 nitrogen and oxygen atoms in total. The number of benzene rings is 1. The molecule has 0 unspecified atom stereocenters. The van der Waals surface area contributed by atoms with Crippen molar-refractivity contribution in [1.29, 1.82) is 0 Å². The molecule has 14 heavy (non-hydrogen) atoms. The average molecular weight is 196 g/mol. The van der Waals surface area contributed by atoms with Crippen LogP contribution in [-0.2, 0) is 0 Å².